The summed E-state index contributed by atoms with van der Waals surface area (Å²) in [4.78, 5) is 19.1. The third-order valence-electron chi connectivity index (χ3n) is 6.64. The first-order valence-corrected chi connectivity index (χ1v) is 10.4. The van der Waals surface area contributed by atoms with Crippen LogP contribution in [0.3, 0.4) is 0 Å². The Bertz CT molecular complexity index is 1120. The highest BCUT2D eigenvalue weighted by molar-refractivity contribution is 6.00. The number of carbonyl (C=O) groups excluding carboxylic acids is 1. The lowest BCUT2D eigenvalue weighted by atomic mass is 9.67. The maximum Gasteiger partial charge on any atom is 0.416 e. The van der Waals surface area contributed by atoms with Crippen molar-refractivity contribution in [2.24, 2.45) is 10.7 Å². The number of nitrogens with two attached hydrogens (primary N) is 1. The van der Waals surface area contributed by atoms with Crippen molar-refractivity contribution in [2.75, 3.05) is 5.32 Å². The number of aliphatic imine (C=N–C) groups is 1. The largest absolute Gasteiger partial charge is 0.416 e. The zero-order chi connectivity index (χ0) is 22.9. The minimum atomic E-state index is -4.38. The van der Waals surface area contributed by atoms with Crippen molar-refractivity contribution in [2.45, 2.75) is 56.0 Å². The molecule has 1 amide bonds. The molecule has 1 atom stereocenters. The number of alkyl halides is 3. The van der Waals surface area contributed by atoms with Crippen LogP contribution in [0.5, 0.6) is 0 Å². The van der Waals surface area contributed by atoms with Crippen LogP contribution >= 0.6 is 0 Å². The van der Waals surface area contributed by atoms with Crippen LogP contribution in [0.2, 0.25) is 0 Å². The van der Waals surface area contributed by atoms with Crippen molar-refractivity contribution >= 4 is 23.2 Å². The molecule has 4 N–H and O–H groups in total. The maximum atomic E-state index is 12.9. The van der Waals surface area contributed by atoms with Crippen LogP contribution in [0.25, 0.3) is 0 Å². The third kappa shape index (κ3) is 3.31. The summed E-state index contributed by atoms with van der Waals surface area (Å²) < 4.78 is 38.4. The zero-order valence-corrected chi connectivity index (χ0v) is 17.4. The second-order valence-electron chi connectivity index (χ2n) is 9.21. The lowest BCUT2D eigenvalue weighted by Crippen LogP contribution is -2.62. The molecule has 0 saturated heterocycles. The van der Waals surface area contributed by atoms with Crippen molar-refractivity contribution in [1.29, 1.82) is 0 Å². The van der Waals surface area contributed by atoms with Crippen molar-refractivity contribution in [1.82, 2.24) is 4.90 Å². The third-order valence-corrected chi connectivity index (χ3v) is 6.64. The Morgan fingerprint density at radius 2 is 1.84 bits per heavy atom. The number of hydrogen-bond acceptors (Lipinski definition) is 5. The fraction of sp³-hybridized carbons (Fsp3) is 0.391. The number of anilines is 2. The van der Waals surface area contributed by atoms with Crippen molar-refractivity contribution < 1.29 is 23.1 Å². The molecule has 2 aliphatic carbocycles. The molecule has 6 nitrogen and oxygen atoms in total. The number of amides is 1. The molecule has 3 aliphatic rings. The standard InChI is InChI=1S/C23H23F3N4O2/c1-21(32)9-15(10-21)30-19(31)12-22(29-20(30)27)11-16-17(22)3-2-4-18(16)28-14-7-5-13(6-8-14)23(24,25)26/h2-8,15,28,32H,9-12H2,1H3,(H2,27,29)/t15?,21?,22-/m0/s1. The molecule has 32 heavy (non-hydrogen) atoms. The van der Waals surface area contributed by atoms with Gasteiger partial charge in [-0.15, -0.1) is 0 Å². The van der Waals surface area contributed by atoms with E-state index in [0.29, 0.717) is 24.9 Å². The summed E-state index contributed by atoms with van der Waals surface area (Å²) in [6.45, 7) is 1.74. The van der Waals surface area contributed by atoms with E-state index in [2.05, 4.69) is 5.32 Å². The van der Waals surface area contributed by atoms with E-state index in [-0.39, 0.29) is 24.3 Å². The molecule has 2 aromatic rings. The number of hydrogen-bond donors (Lipinski definition) is 3. The Morgan fingerprint density at radius 3 is 2.44 bits per heavy atom. The van der Waals surface area contributed by atoms with Gasteiger partial charge in [-0.1, -0.05) is 12.1 Å². The number of guanidine groups is 1. The summed E-state index contributed by atoms with van der Waals surface area (Å²) in [5.74, 6) is 0.0678. The first kappa shape index (κ1) is 20.8. The molecule has 5 rings (SSSR count). The van der Waals surface area contributed by atoms with E-state index < -0.39 is 22.9 Å². The molecule has 1 aliphatic heterocycles. The monoisotopic (exact) mass is 444 g/mol. The number of carbonyl (C=O) groups is 1. The van der Waals surface area contributed by atoms with Gasteiger partial charge in [0.25, 0.3) is 0 Å². The van der Waals surface area contributed by atoms with Gasteiger partial charge in [-0.05, 0) is 61.2 Å². The van der Waals surface area contributed by atoms with Crippen molar-refractivity contribution in [3.63, 3.8) is 0 Å². The fourth-order valence-electron chi connectivity index (χ4n) is 5.07. The number of nitrogens with zero attached hydrogens (tertiary/aromatic N) is 2. The first-order valence-electron chi connectivity index (χ1n) is 10.4. The summed E-state index contributed by atoms with van der Waals surface area (Å²) in [5, 5.41) is 13.2. The Kier molecular flexibility index (Phi) is 4.37. The van der Waals surface area contributed by atoms with Gasteiger partial charge >= 0.3 is 6.18 Å². The second-order valence-corrected chi connectivity index (χ2v) is 9.21. The Hall–Kier alpha value is -3.07. The molecule has 1 spiro atoms. The average molecular weight is 444 g/mol. The van der Waals surface area contributed by atoms with Gasteiger partial charge in [0, 0.05) is 23.8 Å². The lowest BCUT2D eigenvalue weighted by molar-refractivity contribution is -0.139. The minimum Gasteiger partial charge on any atom is -0.390 e. The van der Waals surface area contributed by atoms with Crippen LogP contribution in [-0.4, -0.2) is 33.5 Å². The SMILES string of the molecule is CC1(O)CC(N2C(=O)C[C@]3(Cc4c(Nc5ccc(C(F)(F)F)cc5)cccc43)N=C2N)C1. The predicted octanol–water partition coefficient (Wildman–Crippen LogP) is 3.66. The van der Waals surface area contributed by atoms with E-state index >= 15 is 0 Å². The fourth-order valence-corrected chi connectivity index (χ4v) is 5.07. The number of nitrogens with one attached hydrogen (secondary N) is 1. The molecule has 1 heterocycles. The smallest absolute Gasteiger partial charge is 0.390 e. The van der Waals surface area contributed by atoms with Crippen molar-refractivity contribution in [3.05, 3.63) is 59.2 Å². The van der Waals surface area contributed by atoms with Crippen LogP contribution in [0.1, 0.15) is 42.9 Å². The average Bonchev–Trinajstić information content (AvgIpc) is 2.66. The number of benzene rings is 2. The minimum absolute atomic E-state index is 0.107. The summed E-state index contributed by atoms with van der Waals surface area (Å²) in [6, 6.07) is 10.3. The predicted molar refractivity (Wildman–Crippen MR) is 113 cm³/mol. The van der Waals surface area contributed by atoms with E-state index in [4.69, 9.17) is 10.7 Å². The Labute approximate surface area is 182 Å². The van der Waals surface area contributed by atoms with Crippen molar-refractivity contribution in [3.8, 4) is 0 Å². The first-order chi connectivity index (χ1) is 15.0. The van der Waals surface area contributed by atoms with Gasteiger partial charge in [0.15, 0.2) is 5.96 Å². The van der Waals surface area contributed by atoms with Crippen LogP contribution in [-0.2, 0) is 22.9 Å². The molecule has 0 radical (unpaired) electrons. The Morgan fingerprint density at radius 1 is 1.16 bits per heavy atom. The van der Waals surface area contributed by atoms with E-state index in [1.54, 1.807) is 6.92 Å². The number of halogens is 3. The van der Waals surface area contributed by atoms with Gasteiger partial charge < -0.3 is 16.2 Å². The molecule has 1 saturated carbocycles. The van der Waals surface area contributed by atoms with Gasteiger partial charge in [-0.25, -0.2) is 4.99 Å². The van der Waals surface area contributed by atoms with E-state index in [0.717, 1.165) is 28.9 Å². The molecule has 1 fully saturated rings. The topological polar surface area (TPSA) is 91.0 Å². The van der Waals surface area contributed by atoms with Crippen LogP contribution in [0.15, 0.2) is 47.5 Å². The summed E-state index contributed by atoms with van der Waals surface area (Å²) in [7, 11) is 0. The van der Waals surface area contributed by atoms with Gasteiger partial charge in [-0.2, -0.15) is 13.2 Å². The molecule has 0 aromatic heterocycles. The number of aliphatic hydroxyl groups is 1. The number of rotatable bonds is 3. The van der Waals surface area contributed by atoms with Crippen LogP contribution < -0.4 is 11.1 Å². The number of fused-ring (bicyclic) bond motifs is 2. The van der Waals surface area contributed by atoms with Gasteiger partial charge in [0.2, 0.25) is 5.91 Å². The van der Waals surface area contributed by atoms with Crippen LogP contribution in [0, 0.1) is 0 Å². The van der Waals surface area contributed by atoms with Gasteiger partial charge in [0.05, 0.1) is 17.6 Å². The summed E-state index contributed by atoms with van der Waals surface area (Å²) in [5.41, 5.74) is 7.17. The van der Waals surface area contributed by atoms with E-state index in [9.17, 15) is 23.1 Å². The van der Waals surface area contributed by atoms with E-state index in [1.807, 2.05) is 18.2 Å². The van der Waals surface area contributed by atoms with Gasteiger partial charge in [0.1, 0.15) is 5.54 Å². The molecule has 168 valence electrons. The highest BCUT2D eigenvalue weighted by atomic mass is 19.4. The molecule has 9 heteroatoms. The zero-order valence-electron chi connectivity index (χ0n) is 17.4. The highest BCUT2D eigenvalue weighted by Crippen LogP contribution is 2.51. The normalized spacial score (nSPS) is 29.2. The molecule has 0 bridgehead atoms. The highest BCUT2D eigenvalue weighted by Gasteiger charge is 2.53. The Balaban J connectivity index is 1.37. The van der Waals surface area contributed by atoms with Gasteiger partial charge in [-0.3, -0.25) is 9.69 Å². The molecule has 2 aromatic carbocycles. The summed E-state index contributed by atoms with van der Waals surface area (Å²) >= 11 is 0. The summed E-state index contributed by atoms with van der Waals surface area (Å²) in [6.07, 6.45) is -2.73. The molecular formula is C23H23F3N4O2. The van der Waals surface area contributed by atoms with E-state index in [1.165, 1.54) is 17.0 Å². The van der Waals surface area contributed by atoms with Crippen LogP contribution in [0.4, 0.5) is 24.5 Å². The lowest BCUT2D eigenvalue weighted by Gasteiger charge is -2.51. The maximum absolute atomic E-state index is 12.9. The second kappa shape index (κ2) is 6.71. The molecular weight excluding hydrogens is 421 g/mol. The molecule has 0 unspecified atom stereocenters. The quantitative estimate of drug-likeness (QED) is 0.674.